The van der Waals surface area contributed by atoms with Crippen LogP contribution in [0.15, 0.2) is 11.6 Å². The highest BCUT2D eigenvalue weighted by Crippen LogP contribution is 2.03. The predicted octanol–water partition coefficient (Wildman–Crippen LogP) is 1.42. The largest absolute Gasteiger partial charge is 0.309 e. The Hall–Kier alpha value is -0.0500. The molecule has 1 fully saturated rings. The summed E-state index contributed by atoms with van der Waals surface area (Å²) < 4.78 is 0. The van der Waals surface area contributed by atoms with Crippen LogP contribution >= 0.6 is 11.6 Å². The highest BCUT2D eigenvalue weighted by atomic mass is 35.5. The zero-order valence-electron chi connectivity index (χ0n) is 7.76. The first-order chi connectivity index (χ1) is 5.72. The summed E-state index contributed by atoms with van der Waals surface area (Å²) in [6, 6.07) is 1.19. The summed E-state index contributed by atoms with van der Waals surface area (Å²) in [5, 5.41) is 3.49. The molecule has 2 atom stereocenters. The van der Waals surface area contributed by atoms with E-state index >= 15 is 0 Å². The average Bonchev–Trinajstić information content (AvgIpc) is 1.99. The number of nitrogens with zero attached hydrogens (tertiary/aromatic N) is 1. The fourth-order valence-corrected chi connectivity index (χ4v) is 1.86. The van der Waals surface area contributed by atoms with Crippen LogP contribution in [-0.4, -0.2) is 36.6 Å². The third kappa shape index (κ3) is 3.13. The van der Waals surface area contributed by atoms with E-state index in [1.807, 2.05) is 6.08 Å². The zero-order chi connectivity index (χ0) is 8.97. The van der Waals surface area contributed by atoms with Gasteiger partial charge < -0.3 is 5.32 Å². The lowest BCUT2D eigenvalue weighted by molar-refractivity contribution is 0.189. The van der Waals surface area contributed by atoms with Crippen LogP contribution in [0.3, 0.4) is 0 Å². The minimum atomic E-state index is 0.595. The fourth-order valence-electron chi connectivity index (χ4n) is 1.78. The highest BCUT2D eigenvalue weighted by Gasteiger charge is 2.19. The molecule has 1 aliphatic rings. The Morgan fingerprint density at radius 1 is 1.42 bits per heavy atom. The highest BCUT2D eigenvalue weighted by molar-refractivity contribution is 6.25. The van der Waals surface area contributed by atoms with Gasteiger partial charge in [0.25, 0.3) is 0 Å². The molecule has 0 saturated carbocycles. The van der Waals surface area contributed by atoms with Gasteiger partial charge in [-0.15, -0.1) is 0 Å². The average molecular weight is 189 g/mol. The summed E-state index contributed by atoms with van der Waals surface area (Å²) in [5.74, 6) is 0. The number of piperazine rings is 1. The minimum absolute atomic E-state index is 0.595. The van der Waals surface area contributed by atoms with Crippen LogP contribution in [0.4, 0.5) is 0 Å². The van der Waals surface area contributed by atoms with Crippen molar-refractivity contribution in [1.82, 2.24) is 10.2 Å². The number of rotatable bonds is 2. The Kier molecular flexibility index (Phi) is 4.06. The van der Waals surface area contributed by atoms with Gasteiger partial charge in [0.1, 0.15) is 0 Å². The van der Waals surface area contributed by atoms with Crippen LogP contribution in [0.1, 0.15) is 13.8 Å². The van der Waals surface area contributed by atoms with Crippen molar-refractivity contribution in [3.05, 3.63) is 11.6 Å². The van der Waals surface area contributed by atoms with E-state index in [9.17, 15) is 0 Å². The number of hydrogen-bond acceptors (Lipinski definition) is 2. The molecule has 0 aromatic carbocycles. The van der Waals surface area contributed by atoms with Crippen molar-refractivity contribution in [2.45, 2.75) is 25.9 Å². The molecule has 70 valence electrons. The second-order valence-electron chi connectivity index (χ2n) is 3.55. The summed E-state index contributed by atoms with van der Waals surface area (Å²) in [6.45, 7) is 7.64. The quantitative estimate of drug-likeness (QED) is 0.706. The molecule has 1 rings (SSSR count). The zero-order valence-corrected chi connectivity index (χ0v) is 8.51. The number of nitrogens with one attached hydrogen (secondary N) is 1. The molecule has 0 aromatic rings. The molecule has 2 nitrogen and oxygen atoms in total. The summed E-state index contributed by atoms with van der Waals surface area (Å²) >= 11 is 5.47. The van der Waals surface area contributed by atoms with Crippen molar-refractivity contribution in [3.8, 4) is 0 Å². The molecule has 2 unspecified atom stereocenters. The van der Waals surface area contributed by atoms with Crippen molar-refractivity contribution >= 4 is 11.6 Å². The van der Waals surface area contributed by atoms with Gasteiger partial charge in [-0.1, -0.05) is 17.7 Å². The topological polar surface area (TPSA) is 15.3 Å². The predicted molar refractivity (Wildman–Crippen MR) is 53.5 cm³/mol. The van der Waals surface area contributed by atoms with Gasteiger partial charge >= 0.3 is 0 Å². The Bertz CT molecular complexity index is 149. The minimum Gasteiger partial charge on any atom is -0.309 e. The van der Waals surface area contributed by atoms with E-state index in [4.69, 9.17) is 11.6 Å². The van der Waals surface area contributed by atoms with E-state index in [-0.39, 0.29) is 0 Å². The second kappa shape index (κ2) is 4.85. The van der Waals surface area contributed by atoms with Crippen LogP contribution in [0.25, 0.3) is 0 Å². The van der Waals surface area contributed by atoms with Gasteiger partial charge in [-0.05, 0) is 13.8 Å². The fraction of sp³-hybridized carbons (Fsp3) is 0.778. The van der Waals surface area contributed by atoms with Crippen LogP contribution in [0.2, 0.25) is 0 Å². The van der Waals surface area contributed by atoms with Crippen LogP contribution < -0.4 is 5.32 Å². The maximum atomic E-state index is 5.47. The molecule has 0 bridgehead atoms. The van der Waals surface area contributed by atoms with Gasteiger partial charge in [0.15, 0.2) is 0 Å². The smallest absolute Gasteiger partial charge is 0.0176 e. The SMILES string of the molecule is CC1CN(C/C=C/Cl)CC(C)N1. The van der Waals surface area contributed by atoms with Gasteiger partial charge in [0.05, 0.1) is 0 Å². The van der Waals surface area contributed by atoms with Crippen molar-refractivity contribution < 1.29 is 0 Å². The van der Waals surface area contributed by atoms with E-state index < -0.39 is 0 Å². The van der Waals surface area contributed by atoms with Crippen molar-refractivity contribution in [1.29, 1.82) is 0 Å². The molecule has 3 heteroatoms. The summed E-state index contributed by atoms with van der Waals surface area (Å²) in [6.07, 6.45) is 1.99. The van der Waals surface area contributed by atoms with Crippen molar-refractivity contribution in [2.24, 2.45) is 0 Å². The van der Waals surface area contributed by atoms with E-state index in [1.54, 1.807) is 5.54 Å². The van der Waals surface area contributed by atoms with E-state index in [1.165, 1.54) is 0 Å². The Labute approximate surface area is 79.6 Å². The van der Waals surface area contributed by atoms with E-state index in [2.05, 4.69) is 24.1 Å². The molecule has 12 heavy (non-hydrogen) atoms. The Morgan fingerprint density at radius 3 is 2.50 bits per heavy atom. The Balaban J connectivity index is 2.33. The standard InChI is InChI=1S/C9H17ClN2/c1-8-6-12(5-3-4-10)7-9(2)11-8/h3-4,8-9,11H,5-7H2,1-2H3/b4-3+. The normalized spacial score (nSPS) is 32.9. The molecular weight excluding hydrogens is 172 g/mol. The molecule has 1 heterocycles. The van der Waals surface area contributed by atoms with Gasteiger partial charge in [0.2, 0.25) is 0 Å². The number of hydrogen-bond donors (Lipinski definition) is 1. The van der Waals surface area contributed by atoms with Crippen LogP contribution in [-0.2, 0) is 0 Å². The molecule has 0 radical (unpaired) electrons. The first-order valence-electron chi connectivity index (χ1n) is 4.46. The summed E-state index contributed by atoms with van der Waals surface area (Å²) in [5.41, 5.74) is 1.59. The molecular formula is C9H17ClN2. The summed E-state index contributed by atoms with van der Waals surface area (Å²) in [4.78, 5) is 2.41. The van der Waals surface area contributed by atoms with Gasteiger partial charge in [-0.3, -0.25) is 4.90 Å². The third-order valence-corrected chi connectivity index (χ3v) is 2.26. The molecule has 0 aliphatic carbocycles. The number of halogens is 1. The lowest BCUT2D eigenvalue weighted by Gasteiger charge is -2.35. The summed E-state index contributed by atoms with van der Waals surface area (Å²) in [7, 11) is 0. The molecule has 1 saturated heterocycles. The van der Waals surface area contributed by atoms with Crippen molar-refractivity contribution in [3.63, 3.8) is 0 Å². The van der Waals surface area contributed by atoms with E-state index in [0.717, 1.165) is 19.6 Å². The first kappa shape index (κ1) is 10.0. The van der Waals surface area contributed by atoms with Gasteiger partial charge in [-0.25, -0.2) is 0 Å². The molecule has 0 amide bonds. The monoisotopic (exact) mass is 188 g/mol. The Morgan fingerprint density at radius 2 is 2.00 bits per heavy atom. The van der Waals surface area contributed by atoms with Crippen molar-refractivity contribution in [2.75, 3.05) is 19.6 Å². The van der Waals surface area contributed by atoms with E-state index in [0.29, 0.717) is 12.1 Å². The molecule has 1 aliphatic heterocycles. The maximum Gasteiger partial charge on any atom is 0.0176 e. The first-order valence-corrected chi connectivity index (χ1v) is 4.89. The second-order valence-corrected chi connectivity index (χ2v) is 3.80. The lowest BCUT2D eigenvalue weighted by atomic mass is 10.1. The van der Waals surface area contributed by atoms with Gasteiger partial charge in [0, 0.05) is 37.3 Å². The maximum absolute atomic E-state index is 5.47. The third-order valence-electron chi connectivity index (χ3n) is 2.09. The molecule has 0 spiro atoms. The molecule has 0 aromatic heterocycles. The lowest BCUT2D eigenvalue weighted by Crippen LogP contribution is -2.54. The van der Waals surface area contributed by atoms with Crippen LogP contribution in [0.5, 0.6) is 0 Å². The van der Waals surface area contributed by atoms with Gasteiger partial charge in [-0.2, -0.15) is 0 Å². The van der Waals surface area contributed by atoms with Crippen LogP contribution in [0, 0.1) is 0 Å². The molecule has 1 N–H and O–H groups in total.